The Balaban J connectivity index is 0.000000281. The van der Waals surface area contributed by atoms with Crippen LogP contribution in [0.1, 0.15) is 100 Å². The van der Waals surface area contributed by atoms with Crippen LogP contribution in [0.4, 0.5) is 0 Å². The van der Waals surface area contributed by atoms with Crippen LogP contribution in [0.5, 0.6) is 0 Å². The second-order valence-electron chi connectivity index (χ2n) is 7.46. The van der Waals surface area contributed by atoms with Crippen LogP contribution in [-0.4, -0.2) is 18.3 Å². The number of aliphatic hydroxyl groups is 1. The van der Waals surface area contributed by atoms with Gasteiger partial charge in [0.1, 0.15) is 6.10 Å². The number of benzene rings is 2. The van der Waals surface area contributed by atoms with Crippen molar-refractivity contribution in [3.05, 3.63) is 70.8 Å². The average molecular weight is 435 g/mol. The minimum absolute atomic E-state index is 0. The summed E-state index contributed by atoms with van der Waals surface area (Å²) in [5.74, 6) is 0. The molecule has 2 aliphatic rings. The Hall–Kier alpha value is -1.39. The van der Waals surface area contributed by atoms with Crippen LogP contribution < -0.4 is 0 Å². The quantitative estimate of drug-likeness (QED) is 0.501. The van der Waals surface area contributed by atoms with Crippen molar-refractivity contribution in [3.63, 3.8) is 0 Å². The molecule has 4 unspecified atom stereocenters. The normalized spacial score (nSPS) is 24.1. The summed E-state index contributed by atoms with van der Waals surface area (Å²) in [4.78, 5) is 0. The molecular formula is C26H39ClO3. The molecule has 4 rings (SSSR count). The van der Waals surface area contributed by atoms with Crippen molar-refractivity contribution in [1.29, 1.82) is 0 Å². The van der Waals surface area contributed by atoms with Gasteiger partial charge in [0, 0.05) is 0 Å². The standard InChI is InChI=1S/C12H15ClO.C12H16O2.2CH4/c2*1-2-5-12-10-7-4-3-6-9(10)11(13)8-14-12;;/h3-4,6-7,11-12H,2,5,8H2,1H3;3-4,6-7,11-13H,2,5,8H2,1H3;2*1H4. The first kappa shape index (κ1) is 26.6. The van der Waals surface area contributed by atoms with E-state index in [1.54, 1.807) is 0 Å². The fraction of sp³-hybridized carbons (Fsp3) is 0.538. The van der Waals surface area contributed by atoms with Crippen molar-refractivity contribution in [2.24, 2.45) is 0 Å². The number of alkyl halides is 1. The van der Waals surface area contributed by atoms with E-state index in [1.165, 1.54) is 11.1 Å². The first-order valence-electron chi connectivity index (χ1n) is 10.4. The lowest BCUT2D eigenvalue weighted by molar-refractivity contribution is -0.0338. The molecule has 30 heavy (non-hydrogen) atoms. The molecule has 0 spiro atoms. The van der Waals surface area contributed by atoms with Crippen LogP contribution in [0, 0.1) is 0 Å². The molecule has 2 heterocycles. The highest BCUT2D eigenvalue weighted by Crippen LogP contribution is 2.38. The Bertz CT molecular complexity index is 685. The van der Waals surface area contributed by atoms with E-state index in [9.17, 15) is 5.11 Å². The number of halogens is 1. The summed E-state index contributed by atoms with van der Waals surface area (Å²) in [5, 5.41) is 9.75. The van der Waals surface area contributed by atoms with Crippen LogP contribution >= 0.6 is 11.6 Å². The maximum atomic E-state index is 9.72. The molecular weight excluding hydrogens is 396 g/mol. The second-order valence-corrected chi connectivity index (χ2v) is 7.99. The third kappa shape index (κ3) is 6.31. The van der Waals surface area contributed by atoms with Crippen LogP contribution in [0.25, 0.3) is 0 Å². The number of rotatable bonds is 4. The summed E-state index contributed by atoms with van der Waals surface area (Å²) < 4.78 is 11.3. The fourth-order valence-corrected chi connectivity index (χ4v) is 4.24. The Morgan fingerprint density at radius 3 is 1.73 bits per heavy atom. The van der Waals surface area contributed by atoms with Gasteiger partial charge in [0.25, 0.3) is 0 Å². The Labute approximate surface area is 188 Å². The number of aliphatic hydroxyl groups excluding tert-OH is 1. The van der Waals surface area contributed by atoms with Gasteiger partial charge in [0.15, 0.2) is 0 Å². The molecule has 1 N–H and O–H groups in total. The summed E-state index contributed by atoms with van der Waals surface area (Å²) in [6.07, 6.45) is 4.36. The molecule has 168 valence electrons. The predicted molar refractivity (Wildman–Crippen MR) is 127 cm³/mol. The third-order valence-electron chi connectivity index (χ3n) is 5.38. The second kappa shape index (κ2) is 13.1. The molecule has 4 heteroatoms. The molecule has 0 fully saturated rings. The van der Waals surface area contributed by atoms with Gasteiger partial charge in [-0.3, -0.25) is 0 Å². The van der Waals surface area contributed by atoms with Gasteiger partial charge < -0.3 is 14.6 Å². The van der Waals surface area contributed by atoms with E-state index < -0.39 is 6.10 Å². The van der Waals surface area contributed by atoms with Gasteiger partial charge in [-0.2, -0.15) is 0 Å². The van der Waals surface area contributed by atoms with Gasteiger partial charge in [-0.15, -0.1) is 11.6 Å². The van der Waals surface area contributed by atoms with Gasteiger partial charge in [-0.1, -0.05) is 90.1 Å². The van der Waals surface area contributed by atoms with Crippen molar-refractivity contribution in [1.82, 2.24) is 0 Å². The molecule has 4 atom stereocenters. The van der Waals surface area contributed by atoms with E-state index in [4.69, 9.17) is 21.1 Å². The maximum absolute atomic E-state index is 9.72. The summed E-state index contributed by atoms with van der Waals surface area (Å²) in [6.45, 7) is 5.40. The van der Waals surface area contributed by atoms with E-state index in [-0.39, 0.29) is 32.4 Å². The van der Waals surface area contributed by atoms with Gasteiger partial charge in [0.2, 0.25) is 0 Å². The van der Waals surface area contributed by atoms with Gasteiger partial charge >= 0.3 is 0 Å². The fourth-order valence-electron chi connectivity index (χ4n) is 3.97. The molecule has 2 aromatic carbocycles. The average Bonchev–Trinajstić information content (AvgIpc) is 2.73. The highest BCUT2D eigenvalue weighted by atomic mass is 35.5. The Morgan fingerprint density at radius 2 is 1.20 bits per heavy atom. The zero-order valence-corrected chi connectivity index (χ0v) is 17.6. The van der Waals surface area contributed by atoms with Crippen molar-refractivity contribution >= 4 is 11.6 Å². The summed E-state index contributed by atoms with van der Waals surface area (Å²) in [7, 11) is 0. The number of hydrogen-bond donors (Lipinski definition) is 1. The highest BCUT2D eigenvalue weighted by molar-refractivity contribution is 6.21. The molecule has 0 aromatic heterocycles. The number of fused-ring (bicyclic) bond motifs is 2. The molecule has 0 saturated carbocycles. The first-order valence-corrected chi connectivity index (χ1v) is 10.8. The van der Waals surface area contributed by atoms with Crippen LogP contribution in [0.3, 0.4) is 0 Å². The van der Waals surface area contributed by atoms with Crippen LogP contribution in [0.2, 0.25) is 0 Å². The van der Waals surface area contributed by atoms with Crippen LogP contribution in [-0.2, 0) is 9.47 Å². The molecule has 0 saturated heterocycles. The monoisotopic (exact) mass is 434 g/mol. The highest BCUT2D eigenvalue weighted by Gasteiger charge is 2.26. The minimum Gasteiger partial charge on any atom is -0.386 e. The lowest BCUT2D eigenvalue weighted by Crippen LogP contribution is -2.20. The van der Waals surface area contributed by atoms with E-state index in [0.29, 0.717) is 13.2 Å². The summed E-state index contributed by atoms with van der Waals surface area (Å²) in [6, 6.07) is 16.4. The van der Waals surface area contributed by atoms with Gasteiger partial charge in [-0.05, 0) is 35.1 Å². The molecule has 0 aliphatic carbocycles. The summed E-state index contributed by atoms with van der Waals surface area (Å²) in [5.41, 5.74) is 4.73. The van der Waals surface area contributed by atoms with Crippen molar-refractivity contribution in [2.45, 2.75) is 78.1 Å². The Kier molecular flexibility index (Phi) is 11.6. The van der Waals surface area contributed by atoms with Crippen LogP contribution in [0.15, 0.2) is 48.5 Å². The number of hydrogen-bond acceptors (Lipinski definition) is 3. The Morgan fingerprint density at radius 1 is 0.767 bits per heavy atom. The van der Waals surface area contributed by atoms with E-state index in [1.807, 2.05) is 24.3 Å². The largest absolute Gasteiger partial charge is 0.386 e. The SMILES string of the molecule is C.C.CCCC1OCC(Cl)c2ccccc21.CCCC1OCC(O)c2ccccc21. The summed E-state index contributed by atoms with van der Waals surface area (Å²) >= 11 is 6.19. The van der Waals surface area contributed by atoms with E-state index >= 15 is 0 Å². The minimum atomic E-state index is -0.445. The smallest absolute Gasteiger partial charge is 0.103 e. The van der Waals surface area contributed by atoms with E-state index in [2.05, 4.69) is 38.1 Å². The molecule has 0 radical (unpaired) electrons. The molecule has 0 amide bonds. The topological polar surface area (TPSA) is 38.7 Å². The van der Waals surface area contributed by atoms with Gasteiger partial charge in [-0.25, -0.2) is 0 Å². The molecule has 2 aliphatic heterocycles. The molecule has 3 nitrogen and oxygen atoms in total. The van der Waals surface area contributed by atoms with Gasteiger partial charge in [0.05, 0.1) is 30.8 Å². The van der Waals surface area contributed by atoms with E-state index in [0.717, 1.165) is 36.8 Å². The first-order chi connectivity index (χ1) is 13.7. The molecule has 2 aromatic rings. The maximum Gasteiger partial charge on any atom is 0.103 e. The number of ether oxygens (including phenoxy) is 2. The van der Waals surface area contributed by atoms with Crippen molar-refractivity contribution in [2.75, 3.05) is 13.2 Å². The van der Waals surface area contributed by atoms with Crippen molar-refractivity contribution in [3.8, 4) is 0 Å². The third-order valence-corrected chi connectivity index (χ3v) is 5.74. The van der Waals surface area contributed by atoms with Crippen molar-refractivity contribution < 1.29 is 14.6 Å². The molecule has 0 bridgehead atoms. The zero-order chi connectivity index (χ0) is 19.9. The predicted octanol–water partition coefficient (Wildman–Crippen LogP) is 7.70. The zero-order valence-electron chi connectivity index (χ0n) is 16.8. The lowest BCUT2D eigenvalue weighted by atomic mass is 9.94. The lowest BCUT2D eigenvalue weighted by Gasteiger charge is -2.29.